The molecule has 6 heteroatoms. The maximum atomic E-state index is 14.0. The Hall–Kier alpha value is -0.850. The highest BCUT2D eigenvalue weighted by Crippen LogP contribution is 2.32. The first-order valence-electron chi connectivity index (χ1n) is 6.18. The van der Waals surface area contributed by atoms with Crippen molar-refractivity contribution >= 4 is 27.3 Å². The maximum absolute atomic E-state index is 14.0. The van der Waals surface area contributed by atoms with Crippen LogP contribution in [0, 0.1) is 5.82 Å². The molecule has 0 fully saturated rings. The van der Waals surface area contributed by atoms with Gasteiger partial charge in [0.1, 0.15) is 10.8 Å². The fourth-order valence-electron chi connectivity index (χ4n) is 1.81. The van der Waals surface area contributed by atoms with E-state index >= 15 is 0 Å². The quantitative estimate of drug-likeness (QED) is 0.885. The zero-order valence-corrected chi connectivity index (χ0v) is 13.2. The Morgan fingerprint density at radius 3 is 2.84 bits per heavy atom. The third-order valence-electron chi connectivity index (χ3n) is 2.78. The molecular formula is C13H15BrFN3S. The largest absolute Gasteiger partial charge is 0.308 e. The highest BCUT2D eigenvalue weighted by atomic mass is 79.9. The highest BCUT2D eigenvalue weighted by molar-refractivity contribution is 9.10. The van der Waals surface area contributed by atoms with E-state index in [0.29, 0.717) is 15.0 Å². The van der Waals surface area contributed by atoms with E-state index in [-0.39, 0.29) is 11.9 Å². The van der Waals surface area contributed by atoms with Crippen molar-refractivity contribution in [2.24, 2.45) is 0 Å². The molecule has 102 valence electrons. The maximum Gasteiger partial charge on any atom is 0.150 e. The van der Waals surface area contributed by atoms with Crippen LogP contribution in [0.3, 0.4) is 0 Å². The van der Waals surface area contributed by atoms with Crippen LogP contribution in [-0.2, 0) is 0 Å². The lowest BCUT2D eigenvalue weighted by atomic mass is 10.2. The van der Waals surface area contributed by atoms with Gasteiger partial charge in [0.2, 0.25) is 0 Å². The topological polar surface area (TPSA) is 37.8 Å². The molecule has 0 amide bonds. The molecule has 2 rings (SSSR count). The molecule has 0 bridgehead atoms. The second-order valence-electron chi connectivity index (χ2n) is 4.07. The second kappa shape index (κ2) is 6.54. The number of hydrogen-bond donors (Lipinski definition) is 1. The van der Waals surface area contributed by atoms with Crippen molar-refractivity contribution in [2.45, 2.75) is 26.3 Å². The molecular weight excluding hydrogens is 329 g/mol. The predicted molar refractivity (Wildman–Crippen MR) is 79.7 cm³/mol. The van der Waals surface area contributed by atoms with E-state index in [4.69, 9.17) is 0 Å². The Balaban J connectivity index is 2.32. The van der Waals surface area contributed by atoms with Crippen LogP contribution in [0.5, 0.6) is 0 Å². The van der Waals surface area contributed by atoms with Crippen LogP contribution in [0.2, 0.25) is 0 Å². The van der Waals surface area contributed by atoms with Crippen LogP contribution >= 0.6 is 27.3 Å². The van der Waals surface area contributed by atoms with E-state index in [9.17, 15) is 4.39 Å². The van der Waals surface area contributed by atoms with Crippen LogP contribution in [0.25, 0.3) is 10.6 Å². The molecule has 0 aliphatic carbocycles. The Morgan fingerprint density at radius 2 is 2.16 bits per heavy atom. The zero-order valence-electron chi connectivity index (χ0n) is 10.8. The summed E-state index contributed by atoms with van der Waals surface area (Å²) in [4.78, 5) is 0. The second-order valence-corrected chi connectivity index (χ2v) is 5.93. The number of halogens is 2. The van der Waals surface area contributed by atoms with E-state index in [0.717, 1.165) is 18.0 Å². The number of nitrogens with one attached hydrogen (secondary N) is 1. The van der Waals surface area contributed by atoms with E-state index in [2.05, 4.69) is 45.3 Å². The van der Waals surface area contributed by atoms with Gasteiger partial charge in [0, 0.05) is 5.56 Å². The lowest BCUT2D eigenvalue weighted by Gasteiger charge is -2.10. The third-order valence-corrected chi connectivity index (χ3v) is 4.46. The average Bonchev–Trinajstić information content (AvgIpc) is 2.88. The molecule has 0 saturated carbocycles. The van der Waals surface area contributed by atoms with Gasteiger partial charge < -0.3 is 5.32 Å². The Labute approximate surface area is 124 Å². The van der Waals surface area contributed by atoms with Gasteiger partial charge in [0.15, 0.2) is 5.01 Å². The van der Waals surface area contributed by atoms with Crippen LogP contribution < -0.4 is 5.32 Å². The van der Waals surface area contributed by atoms with Crippen molar-refractivity contribution in [3.63, 3.8) is 0 Å². The molecule has 2 aromatic rings. The average molecular weight is 344 g/mol. The van der Waals surface area contributed by atoms with E-state index in [1.165, 1.54) is 11.3 Å². The minimum atomic E-state index is -0.290. The monoisotopic (exact) mass is 343 g/mol. The van der Waals surface area contributed by atoms with Crippen molar-refractivity contribution < 1.29 is 4.39 Å². The van der Waals surface area contributed by atoms with Gasteiger partial charge in [-0.15, -0.1) is 10.2 Å². The van der Waals surface area contributed by atoms with Crippen molar-refractivity contribution in [1.29, 1.82) is 0 Å². The molecule has 0 radical (unpaired) electrons. The first-order valence-corrected chi connectivity index (χ1v) is 7.79. The van der Waals surface area contributed by atoms with Crippen LogP contribution in [0.15, 0.2) is 22.7 Å². The minimum absolute atomic E-state index is 0.187. The Morgan fingerprint density at radius 1 is 1.37 bits per heavy atom. The Kier molecular flexibility index (Phi) is 5.01. The molecule has 3 nitrogen and oxygen atoms in total. The lowest BCUT2D eigenvalue weighted by Crippen LogP contribution is -2.19. The molecule has 0 saturated heterocycles. The van der Waals surface area contributed by atoms with Crippen LogP contribution in [0.4, 0.5) is 4.39 Å². The van der Waals surface area contributed by atoms with Gasteiger partial charge in [-0.25, -0.2) is 4.39 Å². The molecule has 0 spiro atoms. The van der Waals surface area contributed by atoms with Crippen molar-refractivity contribution in [3.05, 3.63) is 33.5 Å². The summed E-state index contributed by atoms with van der Waals surface area (Å²) in [5.41, 5.74) is 0.490. The fraction of sp³-hybridized carbons (Fsp3) is 0.385. The molecule has 1 aromatic heterocycles. The normalized spacial score (nSPS) is 12.6. The van der Waals surface area contributed by atoms with Crippen molar-refractivity contribution in [2.75, 3.05) is 6.54 Å². The molecule has 1 unspecified atom stereocenters. The van der Waals surface area contributed by atoms with Gasteiger partial charge in [0.25, 0.3) is 0 Å². The lowest BCUT2D eigenvalue weighted by molar-refractivity contribution is 0.531. The van der Waals surface area contributed by atoms with E-state index in [1.54, 1.807) is 18.2 Å². The molecule has 1 aromatic carbocycles. The first kappa shape index (κ1) is 14.6. The molecule has 0 aliphatic rings. The fourth-order valence-corrected chi connectivity index (χ4v) is 3.19. The SMILES string of the molecule is CCNC(CC)c1nnc(-c2cccc(Br)c2F)s1. The third kappa shape index (κ3) is 3.19. The standard InChI is InChI=1S/C13H15BrFN3S/c1-3-10(16-4-2)13-18-17-12(19-13)8-6-5-7-9(14)11(8)15/h5-7,10,16H,3-4H2,1-2H3. The minimum Gasteiger partial charge on any atom is -0.308 e. The summed E-state index contributed by atoms with van der Waals surface area (Å²) in [6, 6.07) is 5.38. The first-order chi connectivity index (χ1) is 9.17. The number of aromatic nitrogens is 2. The van der Waals surface area contributed by atoms with E-state index in [1.807, 2.05) is 0 Å². The summed E-state index contributed by atoms with van der Waals surface area (Å²) < 4.78 is 14.4. The summed E-state index contributed by atoms with van der Waals surface area (Å²) in [7, 11) is 0. The number of hydrogen-bond acceptors (Lipinski definition) is 4. The molecule has 0 aliphatic heterocycles. The Bertz CT molecular complexity index is 559. The summed E-state index contributed by atoms with van der Waals surface area (Å²) >= 11 is 4.62. The molecule has 1 N–H and O–H groups in total. The highest BCUT2D eigenvalue weighted by Gasteiger charge is 2.17. The van der Waals surface area contributed by atoms with Crippen molar-refractivity contribution in [1.82, 2.24) is 15.5 Å². The van der Waals surface area contributed by atoms with Crippen molar-refractivity contribution in [3.8, 4) is 10.6 Å². The summed E-state index contributed by atoms with van der Waals surface area (Å²) in [5, 5.41) is 13.1. The predicted octanol–water partition coefficient (Wildman–Crippen LogP) is 4.17. The smallest absolute Gasteiger partial charge is 0.150 e. The van der Waals surface area contributed by atoms with Gasteiger partial charge in [-0.3, -0.25) is 0 Å². The number of nitrogens with zero attached hydrogens (tertiary/aromatic N) is 2. The summed E-state index contributed by atoms with van der Waals surface area (Å²) in [6.45, 7) is 5.02. The van der Waals surface area contributed by atoms with Crippen LogP contribution in [-0.4, -0.2) is 16.7 Å². The molecule has 19 heavy (non-hydrogen) atoms. The summed E-state index contributed by atoms with van der Waals surface area (Å²) in [6.07, 6.45) is 0.934. The van der Waals surface area contributed by atoms with Gasteiger partial charge in [-0.2, -0.15) is 0 Å². The number of benzene rings is 1. The van der Waals surface area contributed by atoms with Gasteiger partial charge in [-0.1, -0.05) is 31.3 Å². The molecule has 1 atom stereocenters. The van der Waals surface area contributed by atoms with Gasteiger partial charge >= 0.3 is 0 Å². The van der Waals surface area contributed by atoms with Gasteiger partial charge in [-0.05, 0) is 41.0 Å². The zero-order chi connectivity index (χ0) is 13.8. The molecule has 1 heterocycles. The van der Waals surface area contributed by atoms with Gasteiger partial charge in [0.05, 0.1) is 10.5 Å². The van der Waals surface area contributed by atoms with E-state index < -0.39 is 0 Å². The summed E-state index contributed by atoms with van der Waals surface area (Å²) in [5.74, 6) is -0.290. The number of rotatable bonds is 5. The van der Waals surface area contributed by atoms with Crippen LogP contribution in [0.1, 0.15) is 31.3 Å².